The van der Waals surface area contributed by atoms with Gasteiger partial charge in [0, 0.05) is 24.5 Å². The maximum atomic E-state index is 12.5. The zero-order chi connectivity index (χ0) is 24.1. The Kier molecular flexibility index (Phi) is 7.12. The molecule has 1 N–H and O–H groups in total. The first kappa shape index (κ1) is 23.3. The van der Waals surface area contributed by atoms with Gasteiger partial charge in [-0.3, -0.25) is 19.0 Å². The zero-order valence-corrected chi connectivity index (χ0v) is 19.7. The van der Waals surface area contributed by atoms with E-state index in [1.807, 2.05) is 37.3 Å². The van der Waals surface area contributed by atoms with E-state index < -0.39 is 5.97 Å². The number of nitrogens with zero attached hydrogens (tertiary/aromatic N) is 3. The van der Waals surface area contributed by atoms with Crippen LogP contribution in [0.25, 0.3) is 10.9 Å². The molecule has 0 radical (unpaired) electrons. The first-order valence-corrected chi connectivity index (χ1v) is 11.7. The van der Waals surface area contributed by atoms with Crippen molar-refractivity contribution in [2.75, 3.05) is 5.32 Å². The van der Waals surface area contributed by atoms with Crippen LogP contribution in [0.4, 0.5) is 5.69 Å². The van der Waals surface area contributed by atoms with Crippen LogP contribution in [-0.4, -0.2) is 26.4 Å². The number of carbonyl (C=O) groups excluding carboxylic acids is 2. The van der Waals surface area contributed by atoms with Crippen molar-refractivity contribution in [1.82, 2.24) is 14.5 Å². The van der Waals surface area contributed by atoms with Crippen molar-refractivity contribution in [3.8, 4) is 0 Å². The number of hydrogen-bond acceptors (Lipinski definition) is 7. The van der Waals surface area contributed by atoms with E-state index in [0.29, 0.717) is 27.4 Å². The molecule has 0 fully saturated rings. The van der Waals surface area contributed by atoms with E-state index in [0.717, 1.165) is 11.3 Å². The number of carbonyl (C=O) groups is 2. The SMILES string of the molecule is Cc1ccc(NC(=O)Cc2nc(COC(=O)CCc3nc4ccccc4c(=O)n3C)cs2)cc1. The van der Waals surface area contributed by atoms with Crippen molar-refractivity contribution < 1.29 is 14.3 Å². The van der Waals surface area contributed by atoms with Crippen LogP contribution in [0.15, 0.2) is 58.7 Å². The molecule has 9 heteroatoms. The molecule has 0 saturated carbocycles. The number of ether oxygens (including phenoxy) is 1. The van der Waals surface area contributed by atoms with E-state index >= 15 is 0 Å². The van der Waals surface area contributed by atoms with Crippen molar-refractivity contribution in [2.24, 2.45) is 7.05 Å². The molecule has 4 rings (SSSR count). The average molecular weight is 477 g/mol. The largest absolute Gasteiger partial charge is 0.459 e. The van der Waals surface area contributed by atoms with Crippen LogP contribution in [0.3, 0.4) is 0 Å². The average Bonchev–Trinajstić information content (AvgIpc) is 3.27. The van der Waals surface area contributed by atoms with Crippen molar-refractivity contribution in [3.63, 3.8) is 0 Å². The molecule has 34 heavy (non-hydrogen) atoms. The summed E-state index contributed by atoms with van der Waals surface area (Å²) in [6.07, 6.45) is 0.527. The number of benzene rings is 2. The molecule has 0 aliphatic carbocycles. The summed E-state index contributed by atoms with van der Waals surface area (Å²) in [6.45, 7) is 2.01. The zero-order valence-electron chi connectivity index (χ0n) is 18.9. The molecule has 0 spiro atoms. The summed E-state index contributed by atoms with van der Waals surface area (Å²) in [5.74, 6) is -0.0412. The molecule has 0 aliphatic heterocycles. The molecule has 174 valence electrons. The standard InChI is InChI=1S/C25H24N4O4S/c1-16-7-9-17(10-8-16)26-22(30)13-23-27-18(15-34-23)14-33-24(31)12-11-21-28-20-6-4-3-5-19(20)25(32)29(21)2/h3-10,15H,11-14H2,1-2H3,(H,26,30). The van der Waals surface area contributed by atoms with E-state index in [9.17, 15) is 14.4 Å². The second-order valence-electron chi connectivity index (χ2n) is 7.89. The molecule has 2 heterocycles. The minimum Gasteiger partial charge on any atom is -0.459 e. The molecule has 0 bridgehead atoms. The summed E-state index contributed by atoms with van der Waals surface area (Å²) in [4.78, 5) is 45.8. The lowest BCUT2D eigenvalue weighted by molar-refractivity contribution is -0.145. The lowest BCUT2D eigenvalue weighted by Crippen LogP contribution is -2.23. The Morgan fingerprint density at radius 2 is 1.85 bits per heavy atom. The predicted molar refractivity (Wildman–Crippen MR) is 131 cm³/mol. The number of hydrogen-bond donors (Lipinski definition) is 1. The normalized spacial score (nSPS) is 10.9. The summed E-state index contributed by atoms with van der Waals surface area (Å²) in [5, 5.41) is 5.80. The van der Waals surface area contributed by atoms with Gasteiger partial charge in [0.25, 0.3) is 5.56 Å². The number of amides is 1. The van der Waals surface area contributed by atoms with Gasteiger partial charge in [0.1, 0.15) is 17.4 Å². The third-order valence-corrected chi connectivity index (χ3v) is 6.15. The van der Waals surface area contributed by atoms with Gasteiger partial charge < -0.3 is 10.1 Å². The quantitative estimate of drug-likeness (QED) is 0.390. The molecule has 0 aliphatic rings. The molecular weight excluding hydrogens is 452 g/mol. The summed E-state index contributed by atoms with van der Waals surface area (Å²) in [5.41, 5.74) is 2.91. The van der Waals surface area contributed by atoms with Gasteiger partial charge in [-0.05, 0) is 31.2 Å². The molecule has 2 aromatic heterocycles. The fraction of sp³-hybridized carbons (Fsp3) is 0.240. The number of nitrogens with one attached hydrogen (secondary N) is 1. The number of aromatic nitrogens is 3. The van der Waals surface area contributed by atoms with Crippen molar-refractivity contribution in [3.05, 3.63) is 86.4 Å². The summed E-state index contributed by atoms with van der Waals surface area (Å²) < 4.78 is 6.78. The van der Waals surface area contributed by atoms with Gasteiger partial charge in [-0.1, -0.05) is 29.8 Å². The van der Waals surface area contributed by atoms with Gasteiger partial charge >= 0.3 is 5.97 Å². The Morgan fingerprint density at radius 3 is 2.65 bits per heavy atom. The number of aryl methyl sites for hydroxylation is 2. The Hall–Kier alpha value is -3.85. The van der Waals surface area contributed by atoms with Crippen LogP contribution >= 0.6 is 11.3 Å². The smallest absolute Gasteiger partial charge is 0.306 e. The Morgan fingerprint density at radius 1 is 1.09 bits per heavy atom. The highest BCUT2D eigenvalue weighted by atomic mass is 32.1. The molecule has 0 atom stereocenters. The molecule has 0 saturated heterocycles. The Balaban J connectivity index is 1.27. The number of anilines is 1. The Bertz CT molecular complexity index is 1390. The summed E-state index contributed by atoms with van der Waals surface area (Å²) in [7, 11) is 1.65. The molecular formula is C25H24N4O4S. The van der Waals surface area contributed by atoms with Crippen LogP contribution < -0.4 is 10.9 Å². The van der Waals surface area contributed by atoms with E-state index in [2.05, 4.69) is 15.3 Å². The van der Waals surface area contributed by atoms with Crippen molar-refractivity contribution >= 4 is 39.8 Å². The molecule has 0 unspecified atom stereocenters. The monoisotopic (exact) mass is 476 g/mol. The predicted octanol–water partition coefficient (Wildman–Crippen LogP) is 3.56. The van der Waals surface area contributed by atoms with Gasteiger partial charge in [-0.2, -0.15) is 0 Å². The van der Waals surface area contributed by atoms with Crippen LogP contribution in [0.2, 0.25) is 0 Å². The van der Waals surface area contributed by atoms with Gasteiger partial charge in [0.2, 0.25) is 5.91 Å². The topological polar surface area (TPSA) is 103 Å². The minimum absolute atomic E-state index is 0.0268. The fourth-order valence-electron chi connectivity index (χ4n) is 3.40. The highest BCUT2D eigenvalue weighted by Gasteiger charge is 2.13. The molecule has 8 nitrogen and oxygen atoms in total. The number of rotatable bonds is 8. The highest BCUT2D eigenvalue weighted by molar-refractivity contribution is 7.09. The third kappa shape index (κ3) is 5.74. The maximum absolute atomic E-state index is 12.5. The van der Waals surface area contributed by atoms with Gasteiger partial charge in [-0.25, -0.2) is 9.97 Å². The van der Waals surface area contributed by atoms with Crippen molar-refractivity contribution in [2.45, 2.75) is 32.8 Å². The first-order valence-electron chi connectivity index (χ1n) is 10.8. The number of para-hydroxylation sites is 1. The molecule has 4 aromatic rings. The van der Waals surface area contributed by atoms with E-state index in [1.165, 1.54) is 15.9 Å². The van der Waals surface area contributed by atoms with Crippen LogP contribution in [0, 0.1) is 6.92 Å². The van der Waals surface area contributed by atoms with E-state index in [1.54, 1.807) is 30.6 Å². The number of esters is 1. The van der Waals surface area contributed by atoms with Gasteiger partial charge in [0.05, 0.1) is 29.4 Å². The second-order valence-corrected chi connectivity index (χ2v) is 8.84. The van der Waals surface area contributed by atoms with Crippen LogP contribution in [-0.2, 0) is 40.8 Å². The van der Waals surface area contributed by atoms with Gasteiger partial charge in [0.15, 0.2) is 0 Å². The minimum atomic E-state index is -0.408. The van der Waals surface area contributed by atoms with Crippen LogP contribution in [0.1, 0.15) is 28.5 Å². The second kappa shape index (κ2) is 10.4. The fourth-order valence-corrected chi connectivity index (χ4v) is 4.18. The number of fused-ring (bicyclic) bond motifs is 1. The number of thiazole rings is 1. The molecule has 2 aromatic carbocycles. The van der Waals surface area contributed by atoms with Crippen LogP contribution in [0.5, 0.6) is 0 Å². The lowest BCUT2D eigenvalue weighted by atomic mass is 10.2. The Labute approximate surface area is 200 Å². The van der Waals surface area contributed by atoms with Crippen molar-refractivity contribution in [1.29, 1.82) is 0 Å². The highest BCUT2D eigenvalue weighted by Crippen LogP contribution is 2.14. The summed E-state index contributed by atoms with van der Waals surface area (Å²) in [6, 6.07) is 14.7. The maximum Gasteiger partial charge on any atom is 0.306 e. The molecule has 1 amide bonds. The third-order valence-electron chi connectivity index (χ3n) is 5.26. The van der Waals surface area contributed by atoms with E-state index in [4.69, 9.17) is 4.74 Å². The lowest BCUT2D eigenvalue weighted by Gasteiger charge is -2.09. The summed E-state index contributed by atoms with van der Waals surface area (Å²) >= 11 is 1.35. The van der Waals surface area contributed by atoms with E-state index in [-0.39, 0.29) is 37.3 Å². The first-order chi connectivity index (χ1) is 16.4. The van der Waals surface area contributed by atoms with Gasteiger partial charge in [-0.15, -0.1) is 11.3 Å².